The molecule has 5 radical (unpaired) electrons. The molecule has 0 N–H and O–H groups in total. The Morgan fingerprint density at radius 1 is 1.00 bits per heavy atom. The molecular weight excluding hydrogens is 341 g/mol. The van der Waals surface area contributed by atoms with E-state index in [4.69, 9.17) is 0 Å². The first-order valence-electron chi connectivity index (χ1n) is 0. The van der Waals surface area contributed by atoms with E-state index in [0.29, 0.717) is 0 Å². The van der Waals surface area contributed by atoms with E-state index in [-0.39, 0.29) is 112 Å². The maximum absolute atomic E-state index is 0. The molecule has 6 heteroatoms. The van der Waals surface area contributed by atoms with Crippen molar-refractivity contribution in [2.45, 2.75) is 0 Å². The van der Waals surface area contributed by atoms with Crippen molar-refractivity contribution >= 4 is 17.4 Å². The molecular formula is AlCoFeNbNiTi. The summed E-state index contributed by atoms with van der Waals surface area (Å²) in [4.78, 5) is 0. The summed E-state index contributed by atoms with van der Waals surface area (Å²) in [6.45, 7) is 0. The molecule has 0 atom stereocenters. The molecule has 0 saturated heterocycles. The number of hydrogen-bond donors (Lipinski definition) is 0. The van der Waals surface area contributed by atoms with Crippen molar-refractivity contribution in [3.8, 4) is 0 Å². The van der Waals surface area contributed by atoms with E-state index in [1.165, 1.54) is 0 Å². The predicted molar refractivity (Wildman–Crippen MR) is 5.75 cm³/mol. The molecule has 0 aromatic rings. The van der Waals surface area contributed by atoms with Crippen LogP contribution in [0.2, 0.25) is 0 Å². The van der Waals surface area contributed by atoms with Crippen LogP contribution in [0.5, 0.6) is 0 Å². The Labute approximate surface area is 110 Å². The van der Waals surface area contributed by atoms with Gasteiger partial charge in [0.2, 0.25) is 0 Å². The number of rotatable bonds is 0. The van der Waals surface area contributed by atoms with Gasteiger partial charge < -0.3 is 0 Å². The molecule has 0 aromatic heterocycles. The Morgan fingerprint density at radius 3 is 1.00 bits per heavy atom. The standard InChI is InChI=1S/Al.Co.Fe.Nb.Ni.Ti. The molecule has 0 aliphatic heterocycles. The molecule has 0 heterocycles. The van der Waals surface area contributed by atoms with Gasteiger partial charge in [0.15, 0.2) is 0 Å². The van der Waals surface area contributed by atoms with Crippen LogP contribution in [0.15, 0.2) is 0 Å². The summed E-state index contributed by atoms with van der Waals surface area (Å²) in [5.41, 5.74) is 0. The monoisotopic (exact) mass is 341 g/mol. The van der Waals surface area contributed by atoms with E-state index < -0.39 is 0 Å². The molecule has 0 spiro atoms. The molecule has 0 fully saturated rings. The quantitative estimate of drug-likeness (QED) is 0.527. The number of hydrogen-bond acceptors (Lipinski definition) is 0. The molecule has 6 heavy (non-hydrogen) atoms. The Kier molecular flexibility index (Phi) is 363. The van der Waals surface area contributed by atoms with Gasteiger partial charge in [-0.1, -0.05) is 0 Å². The third-order valence-electron chi connectivity index (χ3n) is 0. The van der Waals surface area contributed by atoms with Crippen molar-refractivity contribution in [3.05, 3.63) is 0 Å². The van der Waals surface area contributed by atoms with Crippen molar-refractivity contribution in [2.75, 3.05) is 0 Å². The van der Waals surface area contributed by atoms with Crippen LogP contribution in [-0.2, 0) is 94.4 Å². The molecule has 0 aliphatic carbocycles. The second kappa shape index (κ2) is 39.0. The summed E-state index contributed by atoms with van der Waals surface area (Å²) < 4.78 is 0. The first-order chi connectivity index (χ1) is 0. The normalized spacial score (nSPS) is 0. The fraction of sp³-hybridized carbons (Fsp3) is 0. The Hall–Kier alpha value is 3.51. The second-order valence-corrected chi connectivity index (χ2v) is 0. The van der Waals surface area contributed by atoms with Gasteiger partial charge in [0.05, 0.1) is 0 Å². The Morgan fingerprint density at radius 2 is 1.00 bits per heavy atom. The summed E-state index contributed by atoms with van der Waals surface area (Å²) in [7, 11) is 0. The first-order valence-corrected chi connectivity index (χ1v) is 0. The van der Waals surface area contributed by atoms with Gasteiger partial charge in [-0.3, -0.25) is 0 Å². The predicted octanol–water partition coefficient (Wildman–Crippen LogP) is -0.393. The average Bonchev–Trinajstić information content (AvgIpc) is 0. The molecule has 0 bridgehead atoms. The maximum Gasteiger partial charge on any atom is 0 e. The summed E-state index contributed by atoms with van der Waals surface area (Å²) in [6.07, 6.45) is 0. The van der Waals surface area contributed by atoms with Crippen LogP contribution in [0.3, 0.4) is 0 Å². The van der Waals surface area contributed by atoms with Crippen molar-refractivity contribution in [3.63, 3.8) is 0 Å². The van der Waals surface area contributed by atoms with E-state index in [0.717, 1.165) is 0 Å². The fourth-order valence-corrected chi connectivity index (χ4v) is 0. The molecule has 0 aromatic carbocycles. The third-order valence-corrected chi connectivity index (χ3v) is 0. The van der Waals surface area contributed by atoms with E-state index in [9.17, 15) is 0 Å². The van der Waals surface area contributed by atoms with Gasteiger partial charge in [-0.15, -0.1) is 0 Å². The SMILES string of the molecule is [Al].[Co].[Fe].[Nb].[Ni].[Ti]. The van der Waals surface area contributed by atoms with Gasteiger partial charge in [-0.25, -0.2) is 0 Å². The van der Waals surface area contributed by atoms with Crippen LogP contribution in [0.25, 0.3) is 0 Å². The van der Waals surface area contributed by atoms with Crippen LogP contribution in [0.4, 0.5) is 0 Å². The van der Waals surface area contributed by atoms with Crippen LogP contribution in [0, 0.1) is 0 Å². The van der Waals surface area contributed by atoms with Crippen molar-refractivity contribution in [2.24, 2.45) is 0 Å². The molecule has 0 rings (SSSR count). The van der Waals surface area contributed by atoms with E-state index >= 15 is 0 Å². The van der Waals surface area contributed by atoms with E-state index in [1.807, 2.05) is 0 Å². The van der Waals surface area contributed by atoms with Crippen LogP contribution in [0.1, 0.15) is 0 Å². The van der Waals surface area contributed by atoms with Crippen LogP contribution in [-0.4, -0.2) is 17.4 Å². The Balaban J connectivity index is 0. The average molecular weight is 341 g/mol. The van der Waals surface area contributed by atoms with Gasteiger partial charge in [-0.2, -0.15) is 0 Å². The zero-order chi connectivity index (χ0) is 0. The minimum absolute atomic E-state index is 0. The van der Waals surface area contributed by atoms with Gasteiger partial charge in [-0.05, 0) is 0 Å². The van der Waals surface area contributed by atoms with Crippen molar-refractivity contribution in [1.29, 1.82) is 0 Å². The van der Waals surface area contributed by atoms with Gasteiger partial charge >= 0.3 is 0 Å². The molecule has 0 amide bonds. The van der Waals surface area contributed by atoms with Crippen molar-refractivity contribution in [1.82, 2.24) is 0 Å². The van der Waals surface area contributed by atoms with Crippen LogP contribution < -0.4 is 0 Å². The third kappa shape index (κ3) is 25.8. The Bertz CT molecular complexity index is 15.5. The summed E-state index contributed by atoms with van der Waals surface area (Å²) >= 11 is 0. The molecule has 0 aliphatic rings. The fourth-order valence-electron chi connectivity index (χ4n) is 0. The molecule has 39 valence electrons. The molecule has 0 saturated carbocycles. The van der Waals surface area contributed by atoms with Gasteiger partial charge in [0, 0.05) is 112 Å². The van der Waals surface area contributed by atoms with E-state index in [2.05, 4.69) is 0 Å². The minimum atomic E-state index is 0. The molecule has 0 unspecified atom stereocenters. The van der Waals surface area contributed by atoms with Crippen molar-refractivity contribution < 1.29 is 94.4 Å². The zero-order valence-corrected chi connectivity index (χ0v) is 10.6. The summed E-state index contributed by atoms with van der Waals surface area (Å²) in [6, 6.07) is 0. The smallest absolute Gasteiger partial charge is 0 e. The zero-order valence-electron chi connectivity index (χ0n) is 2.53. The van der Waals surface area contributed by atoms with Crippen LogP contribution >= 0.6 is 0 Å². The summed E-state index contributed by atoms with van der Waals surface area (Å²) in [5, 5.41) is 0. The topological polar surface area (TPSA) is 0 Å². The largest absolute Gasteiger partial charge is 0 e. The van der Waals surface area contributed by atoms with Gasteiger partial charge in [0.25, 0.3) is 0 Å². The maximum atomic E-state index is 0. The minimum Gasteiger partial charge on any atom is 0 e. The molecule has 0 nitrogen and oxygen atoms in total. The second-order valence-electron chi connectivity index (χ2n) is 0. The van der Waals surface area contributed by atoms with Gasteiger partial charge in [0.1, 0.15) is 0 Å². The summed E-state index contributed by atoms with van der Waals surface area (Å²) in [5.74, 6) is 0. The van der Waals surface area contributed by atoms with E-state index in [1.54, 1.807) is 0 Å². The first kappa shape index (κ1) is 55.9.